The smallest absolute Gasteiger partial charge is 0.256 e. The topological polar surface area (TPSA) is 58.2 Å². The first-order valence-corrected chi connectivity index (χ1v) is 7.45. The number of pyridine rings is 1. The first-order chi connectivity index (χ1) is 11.1. The Morgan fingerprint density at radius 2 is 2.00 bits per heavy atom. The summed E-state index contributed by atoms with van der Waals surface area (Å²) in [6.07, 6.45) is 3.42. The van der Waals surface area contributed by atoms with Gasteiger partial charge in [-0.05, 0) is 36.8 Å². The van der Waals surface area contributed by atoms with Crippen LogP contribution >= 0.6 is 0 Å². The highest BCUT2D eigenvalue weighted by Crippen LogP contribution is 2.25. The second-order valence-electron chi connectivity index (χ2n) is 5.47. The van der Waals surface area contributed by atoms with Crippen LogP contribution in [0.5, 0.6) is 5.75 Å². The Hall–Kier alpha value is -2.82. The molecule has 3 aromatic rings. The maximum atomic E-state index is 12.8. The third-order valence-electron chi connectivity index (χ3n) is 4.18. The summed E-state index contributed by atoms with van der Waals surface area (Å²) in [5.74, 6) is 0.769. The number of H-pyrrole nitrogens is 1. The van der Waals surface area contributed by atoms with Crippen molar-refractivity contribution < 1.29 is 9.53 Å². The van der Waals surface area contributed by atoms with Gasteiger partial charge < -0.3 is 14.6 Å². The van der Waals surface area contributed by atoms with Crippen LogP contribution in [0.3, 0.4) is 0 Å². The van der Waals surface area contributed by atoms with Gasteiger partial charge in [-0.15, -0.1) is 0 Å². The molecule has 0 bridgehead atoms. The number of hydrogen-bond acceptors (Lipinski definition) is 3. The van der Waals surface area contributed by atoms with Gasteiger partial charge in [-0.3, -0.25) is 4.79 Å². The predicted octanol–water partition coefficient (Wildman–Crippen LogP) is 3.40. The third-order valence-corrected chi connectivity index (χ3v) is 4.18. The summed E-state index contributed by atoms with van der Waals surface area (Å²) in [5, 5.41) is 0.839. The Bertz CT molecular complexity index is 824. The molecule has 2 aromatic heterocycles. The Morgan fingerprint density at radius 3 is 2.70 bits per heavy atom. The number of carbonyl (C=O) groups excluding carboxylic acids is 1. The van der Waals surface area contributed by atoms with E-state index in [1.54, 1.807) is 24.4 Å². The van der Waals surface area contributed by atoms with Crippen LogP contribution in [0.25, 0.3) is 11.0 Å². The van der Waals surface area contributed by atoms with Gasteiger partial charge in [0.1, 0.15) is 11.4 Å². The maximum absolute atomic E-state index is 12.8. The molecule has 0 aliphatic carbocycles. The van der Waals surface area contributed by atoms with E-state index >= 15 is 0 Å². The molecule has 0 fully saturated rings. The molecule has 1 atom stereocenters. The Kier molecular flexibility index (Phi) is 4.02. The fourth-order valence-corrected chi connectivity index (χ4v) is 2.60. The van der Waals surface area contributed by atoms with Crippen LogP contribution in [0.1, 0.15) is 28.9 Å². The number of nitrogens with zero attached hydrogens (tertiary/aromatic N) is 2. The van der Waals surface area contributed by atoms with Gasteiger partial charge >= 0.3 is 0 Å². The number of nitrogens with one attached hydrogen (secondary N) is 1. The highest BCUT2D eigenvalue weighted by molar-refractivity contribution is 6.05. The number of carbonyl (C=O) groups is 1. The Labute approximate surface area is 134 Å². The largest absolute Gasteiger partial charge is 0.497 e. The molecule has 1 aromatic carbocycles. The van der Waals surface area contributed by atoms with Crippen molar-refractivity contribution in [2.45, 2.75) is 13.0 Å². The molecule has 5 heteroatoms. The lowest BCUT2D eigenvalue weighted by molar-refractivity contribution is 0.0744. The predicted molar refractivity (Wildman–Crippen MR) is 89.6 cm³/mol. The molecule has 0 aliphatic heterocycles. The second-order valence-corrected chi connectivity index (χ2v) is 5.47. The van der Waals surface area contributed by atoms with Gasteiger partial charge in [-0.25, -0.2) is 4.98 Å². The van der Waals surface area contributed by atoms with Crippen molar-refractivity contribution in [2.75, 3.05) is 14.2 Å². The van der Waals surface area contributed by atoms with Crippen molar-refractivity contribution in [3.63, 3.8) is 0 Å². The van der Waals surface area contributed by atoms with Gasteiger partial charge in [0, 0.05) is 24.8 Å². The molecule has 1 amide bonds. The molecular weight excluding hydrogens is 290 g/mol. The molecule has 2 heterocycles. The normalized spacial score (nSPS) is 12.1. The number of benzene rings is 1. The molecule has 23 heavy (non-hydrogen) atoms. The van der Waals surface area contributed by atoms with E-state index in [9.17, 15) is 4.79 Å². The Balaban J connectivity index is 1.86. The van der Waals surface area contributed by atoms with Crippen LogP contribution < -0.4 is 4.74 Å². The van der Waals surface area contributed by atoms with Crippen LogP contribution in [-0.2, 0) is 0 Å². The number of fused-ring (bicyclic) bond motifs is 1. The van der Waals surface area contributed by atoms with E-state index in [1.807, 2.05) is 50.4 Å². The highest BCUT2D eigenvalue weighted by atomic mass is 16.5. The van der Waals surface area contributed by atoms with Gasteiger partial charge in [0.25, 0.3) is 5.91 Å². The second kappa shape index (κ2) is 6.12. The fraction of sp³-hybridized carbons (Fsp3) is 0.222. The molecule has 3 rings (SSSR count). The molecular formula is C18H19N3O2. The molecule has 5 nitrogen and oxygen atoms in total. The minimum absolute atomic E-state index is 0.0347. The number of ether oxygens (including phenoxy) is 1. The molecule has 0 saturated heterocycles. The molecule has 1 N–H and O–H groups in total. The summed E-state index contributed by atoms with van der Waals surface area (Å²) in [5.41, 5.74) is 2.41. The zero-order valence-corrected chi connectivity index (χ0v) is 13.4. The van der Waals surface area contributed by atoms with E-state index in [1.165, 1.54) is 0 Å². The van der Waals surface area contributed by atoms with Crippen LogP contribution in [0.2, 0.25) is 0 Å². The number of aromatic amines is 1. The summed E-state index contributed by atoms with van der Waals surface area (Å²) in [7, 11) is 3.45. The van der Waals surface area contributed by atoms with Crippen molar-refractivity contribution in [3.05, 3.63) is 59.9 Å². The lowest BCUT2D eigenvalue weighted by Crippen LogP contribution is -2.29. The highest BCUT2D eigenvalue weighted by Gasteiger charge is 2.21. The number of amides is 1. The Morgan fingerprint density at radius 1 is 1.26 bits per heavy atom. The molecule has 118 valence electrons. The summed E-state index contributed by atoms with van der Waals surface area (Å²) < 4.78 is 5.17. The standard InChI is InChI=1S/C18H19N3O2/c1-12(13-6-8-14(23-3)9-7-13)21(2)18(22)16-11-20-17-15(16)5-4-10-19-17/h4-12H,1-3H3,(H,19,20)/t12-/m0/s1. The third kappa shape index (κ3) is 2.77. The van der Waals surface area contributed by atoms with E-state index in [4.69, 9.17) is 4.74 Å². The van der Waals surface area contributed by atoms with E-state index in [2.05, 4.69) is 9.97 Å². The summed E-state index contributed by atoms with van der Waals surface area (Å²) in [4.78, 5) is 21.8. The summed E-state index contributed by atoms with van der Waals surface area (Å²) in [6, 6.07) is 11.4. The monoisotopic (exact) mass is 309 g/mol. The van der Waals surface area contributed by atoms with E-state index < -0.39 is 0 Å². The zero-order valence-electron chi connectivity index (χ0n) is 13.4. The number of rotatable bonds is 4. The molecule has 0 spiro atoms. The summed E-state index contributed by atoms with van der Waals surface area (Å²) in [6.45, 7) is 2.01. The summed E-state index contributed by atoms with van der Waals surface area (Å²) >= 11 is 0. The molecule has 0 saturated carbocycles. The first kappa shape index (κ1) is 15.1. The quantitative estimate of drug-likeness (QED) is 0.803. The minimum atomic E-state index is -0.0463. The zero-order chi connectivity index (χ0) is 16.4. The van der Waals surface area contributed by atoms with Crippen molar-refractivity contribution in [3.8, 4) is 5.75 Å². The SMILES string of the molecule is COc1ccc([C@H](C)N(C)C(=O)c2c[nH]c3ncccc23)cc1. The lowest BCUT2D eigenvalue weighted by Gasteiger charge is -2.25. The van der Waals surface area contributed by atoms with Crippen LogP contribution in [0.15, 0.2) is 48.8 Å². The van der Waals surface area contributed by atoms with Crippen LogP contribution in [0, 0.1) is 0 Å². The lowest BCUT2D eigenvalue weighted by atomic mass is 10.1. The van der Waals surface area contributed by atoms with Crippen molar-refractivity contribution in [1.29, 1.82) is 0 Å². The fourth-order valence-electron chi connectivity index (χ4n) is 2.60. The number of hydrogen-bond donors (Lipinski definition) is 1. The van der Waals surface area contributed by atoms with Crippen molar-refractivity contribution >= 4 is 16.9 Å². The van der Waals surface area contributed by atoms with Gasteiger partial charge in [0.15, 0.2) is 0 Å². The molecule has 0 aliphatic rings. The number of methoxy groups -OCH3 is 1. The molecule has 0 radical (unpaired) electrons. The van der Waals surface area contributed by atoms with E-state index in [0.29, 0.717) is 5.56 Å². The average Bonchev–Trinajstić information content (AvgIpc) is 3.04. The number of aromatic nitrogens is 2. The van der Waals surface area contributed by atoms with E-state index in [0.717, 1.165) is 22.3 Å². The maximum Gasteiger partial charge on any atom is 0.256 e. The average molecular weight is 309 g/mol. The van der Waals surface area contributed by atoms with Crippen LogP contribution in [0.4, 0.5) is 0 Å². The first-order valence-electron chi connectivity index (χ1n) is 7.45. The van der Waals surface area contributed by atoms with E-state index in [-0.39, 0.29) is 11.9 Å². The van der Waals surface area contributed by atoms with Crippen molar-refractivity contribution in [1.82, 2.24) is 14.9 Å². The molecule has 0 unspecified atom stereocenters. The van der Waals surface area contributed by atoms with Crippen LogP contribution in [-0.4, -0.2) is 34.9 Å². The van der Waals surface area contributed by atoms with Gasteiger partial charge in [0.2, 0.25) is 0 Å². The van der Waals surface area contributed by atoms with Crippen molar-refractivity contribution in [2.24, 2.45) is 0 Å². The van der Waals surface area contributed by atoms with Gasteiger partial charge in [-0.2, -0.15) is 0 Å². The minimum Gasteiger partial charge on any atom is -0.497 e. The van der Waals surface area contributed by atoms with Gasteiger partial charge in [-0.1, -0.05) is 12.1 Å². The van der Waals surface area contributed by atoms with Gasteiger partial charge in [0.05, 0.1) is 18.7 Å².